The van der Waals surface area contributed by atoms with Gasteiger partial charge in [-0.3, -0.25) is 29.8 Å². The Bertz CT molecular complexity index is 1760. The van der Waals surface area contributed by atoms with Gasteiger partial charge in [-0.15, -0.1) is 0 Å². The molecule has 2 saturated carbocycles. The van der Waals surface area contributed by atoms with E-state index in [-0.39, 0.29) is 20.9 Å². The molecule has 0 atom stereocenters. The van der Waals surface area contributed by atoms with Crippen molar-refractivity contribution >= 4 is 59.8 Å². The molecule has 0 spiro atoms. The Hall–Kier alpha value is -3.96. The van der Waals surface area contributed by atoms with E-state index in [1.807, 2.05) is 0 Å². The van der Waals surface area contributed by atoms with Crippen LogP contribution in [0.1, 0.15) is 71.4 Å². The summed E-state index contributed by atoms with van der Waals surface area (Å²) in [5, 5.41) is 20.3. The summed E-state index contributed by atoms with van der Waals surface area (Å²) in [6.07, 6.45) is 2.64. The van der Waals surface area contributed by atoms with Crippen molar-refractivity contribution in [2.75, 3.05) is 0 Å². The molecule has 2 aliphatic rings. The third-order valence-electron chi connectivity index (χ3n) is 6.74. The van der Waals surface area contributed by atoms with Gasteiger partial charge in [-0.05, 0) is 73.4 Å². The Kier molecular flexibility index (Phi) is 9.93. The molecule has 0 unspecified atom stereocenters. The van der Waals surface area contributed by atoms with E-state index in [0.717, 1.165) is 12.1 Å². The molecule has 0 radical (unpaired) electrons. The molecule has 0 saturated heterocycles. The van der Waals surface area contributed by atoms with Gasteiger partial charge >= 0.3 is 0 Å². The van der Waals surface area contributed by atoms with E-state index in [4.69, 9.17) is 23.1 Å². The van der Waals surface area contributed by atoms with E-state index >= 15 is 0 Å². The normalized spacial score (nSPS) is 14.7. The van der Waals surface area contributed by atoms with Crippen molar-refractivity contribution in [1.29, 1.82) is 0 Å². The standard InChI is InChI=1S/C13H16N4O5S.C12H12ClNO5S/c1-2-7-5-11(23(21,22)8-3-4-8)10(17(19)20)6-9(7)12(18)16-13(14)15;1-2-7-5-11(20(18,19)8-3-4-8)10(14(16)17)6-9(7)12(13)15/h5-6,8H,2-4H2,1H3,(H4,14,15,16,18);5-6,8H,2-4H2,1H3. The van der Waals surface area contributed by atoms with Crippen molar-refractivity contribution < 1.29 is 36.3 Å². The largest absolute Gasteiger partial charge is 0.370 e. The first-order chi connectivity index (χ1) is 20.0. The van der Waals surface area contributed by atoms with Gasteiger partial charge in [0.15, 0.2) is 25.6 Å². The van der Waals surface area contributed by atoms with Crippen molar-refractivity contribution in [3.8, 4) is 0 Å². The summed E-state index contributed by atoms with van der Waals surface area (Å²) in [5.41, 5.74) is 9.70. The highest BCUT2D eigenvalue weighted by molar-refractivity contribution is 7.92. The molecular weight excluding hydrogens is 630 g/mol. The number of nitrogens with two attached hydrogens (primary N) is 2. The molecule has 2 aliphatic carbocycles. The topological polar surface area (TPSA) is 253 Å². The number of benzene rings is 2. The van der Waals surface area contributed by atoms with E-state index < -0.39 is 68.5 Å². The first-order valence-electron chi connectivity index (χ1n) is 12.9. The van der Waals surface area contributed by atoms with Gasteiger partial charge in [0, 0.05) is 17.7 Å². The summed E-state index contributed by atoms with van der Waals surface area (Å²) >= 11 is 5.39. The van der Waals surface area contributed by atoms with Gasteiger partial charge in [-0.1, -0.05) is 13.8 Å². The second-order valence-corrected chi connectivity index (χ2v) is 14.5. The average Bonchev–Trinajstić information content (AvgIpc) is 3.83. The number of amides is 1. The number of hydrogen-bond donors (Lipinski definition) is 2. The van der Waals surface area contributed by atoms with Gasteiger partial charge < -0.3 is 11.5 Å². The second kappa shape index (κ2) is 12.7. The number of hydrogen-bond acceptors (Lipinski definition) is 10. The van der Waals surface area contributed by atoms with Gasteiger partial charge in [0.2, 0.25) is 0 Å². The number of carbonyl (C=O) groups is 2. The van der Waals surface area contributed by atoms with Crippen molar-refractivity contribution in [1.82, 2.24) is 0 Å². The summed E-state index contributed by atoms with van der Waals surface area (Å²) in [6, 6.07) is 4.29. The summed E-state index contributed by atoms with van der Waals surface area (Å²) in [5.74, 6) is -1.32. The number of aryl methyl sites for hydroxylation is 2. The average molecular weight is 658 g/mol. The lowest BCUT2D eigenvalue weighted by atomic mass is 10.0. The number of rotatable bonds is 10. The monoisotopic (exact) mass is 657 g/mol. The molecule has 232 valence electrons. The number of aliphatic imine (C=N–C) groups is 1. The lowest BCUT2D eigenvalue weighted by molar-refractivity contribution is -0.388. The van der Waals surface area contributed by atoms with Crippen LogP contribution in [0.5, 0.6) is 0 Å². The molecule has 2 aromatic carbocycles. The number of carbonyl (C=O) groups excluding carboxylic acids is 2. The van der Waals surface area contributed by atoms with E-state index in [1.165, 1.54) is 12.1 Å². The van der Waals surface area contributed by atoms with Crippen LogP contribution in [0.15, 0.2) is 39.0 Å². The van der Waals surface area contributed by atoms with E-state index in [1.54, 1.807) is 13.8 Å². The van der Waals surface area contributed by atoms with Crippen LogP contribution < -0.4 is 11.5 Å². The fraction of sp³-hybridized carbons (Fsp3) is 0.400. The number of halogens is 1. The first-order valence-corrected chi connectivity index (χ1v) is 16.4. The van der Waals surface area contributed by atoms with Crippen LogP contribution >= 0.6 is 11.6 Å². The Morgan fingerprint density at radius 1 is 0.814 bits per heavy atom. The predicted molar refractivity (Wildman–Crippen MR) is 156 cm³/mol. The van der Waals surface area contributed by atoms with Gasteiger partial charge in [0.05, 0.1) is 25.9 Å². The maximum Gasteiger partial charge on any atom is 0.288 e. The Morgan fingerprint density at radius 3 is 1.49 bits per heavy atom. The Morgan fingerprint density at radius 2 is 1.19 bits per heavy atom. The zero-order valence-corrected chi connectivity index (χ0v) is 25.4. The fourth-order valence-electron chi connectivity index (χ4n) is 4.22. The molecule has 2 fully saturated rings. The van der Waals surface area contributed by atoms with Crippen LogP contribution in [-0.2, 0) is 32.5 Å². The van der Waals surface area contributed by atoms with Crippen molar-refractivity contribution in [3.05, 3.63) is 66.7 Å². The molecule has 43 heavy (non-hydrogen) atoms. The molecule has 2 aromatic rings. The third kappa shape index (κ3) is 7.34. The zero-order valence-electron chi connectivity index (χ0n) is 23.0. The number of nitro groups is 2. The molecule has 4 N–H and O–H groups in total. The van der Waals surface area contributed by atoms with E-state index in [0.29, 0.717) is 49.7 Å². The van der Waals surface area contributed by atoms with Gasteiger partial charge in [0.1, 0.15) is 9.79 Å². The maximum absolute atomic E-state index is 12.4. The van der Waals surface area contributed by atoms with Crippen molar-refractivity contribution in [2.45, 2.75) is 72.7 Å². The quantitative estimate of drug-likeness (QED) is 0.123. The highest BCUT2D eigenvalue weighted by Gasteiger charge is 2.42. The predicted octanol–water partition coefficient (Wildman–Crippen LogP) is 2.98. The van der Waals surface area contributed by atoms with Gasteiger partial charge in [-0.25, -0.2) is 16.8 Å². The number of sulfone groups is 2. The molecule has 0 aliphatic heterocycles. The Balaban J connectivity index is 0.000000238. The Labute approximate surface area is 251 Å². The molecule has 0 bridgehead atoms. The lowest BCUT2D eigenvalue weighted by Gasteiger charge is -2.10. The van der Waals surface area contributed by atoms with Crippen LogP contribution in [0.2, 0.25) is 0 Å². The lowest BCUT2D eigenvalue weighted by Crippen LogP contribution is -2.24. The summed E-state index contributed by atoms with van der Waals surface area (Å²) in [7, 11) is -7.49. The van der Waals surface area contributed by atoms with Crippen LogP contribution in [0.25, 0.3) is 0 Å². The minimum atomic E-state index is -3.78. The smallest absolute Gasteiger partial charge is 0.288 e. The van der Waals surface area contributed by atoms with Crippen LogP contribution in [-0.4, -0.2) is 54.3 Å². The number of guanidine groups is 1. The fourth-order valence-corrected chi connectivity index (χ4v) is 8.09. The summed E-state index contributed by atoms with van der Waals surface area (Å²) < 4.78 is 49.3. The van der Waals surface area contributed by atoms with Gasteiger partial charge in [-0.2, -0.15) is 4.99 Å². The molecular formula is C25H28ClN5O10S2. The van der Waals surface area contributed by atoms with Crippen LogP contribution in [0.4, 0.5) is 11.4 Å². The first kappa shape index (κ1) is 33.5. The highest BCUT2D eigenvalue weighted by Crippen LogP contribution is 2.40. The minimum absolute atomic E-state index is 0.0180. The van der Waals surface area contributed by atoms with Crippen LogP contribution in [0.3, 0.4) is 0 Å². The zero-order chi connectivity index (χ0) is 32.4. The maximum atomic E-state index is 12.4. The molecule has 4 rings (SSSR count). The highest BCUT2D eigenvalue weighted by atomic mass is 35.5. The van der Waals surface area contributed by atoms with E-state index in [2.05, 4.69) is 4.99 Å². The molecule has 0 heterocycles. The third-order valence-corrected chi connectivity index (χ3v) is 11.5. The second-order valence-electron chi connectivity index (χ2n) is 9.78. The van der Waals surface area contributed by atoms with Crippen molar-refractivity contribution in [3.63, 3.8) is 0 Å². The van der Waals surface area contributed by atoms with Gasteiger partial charge in [0.25, 0.3) is 22.5 Å². The number of nitro benzene ring substituents is 2. The molecule has 0 aromatic heterocycles. The SMILES string of the molecule is CCc1cc(S(=O)(=O)C2CC2)c([N+](=O)[O-])cc1C(=O)Cl.CCc1cc(S(=O)(=O)C2CC2)c([N+](=O)[O-])cc1C(=O)N=C(N)N. The summed E-state index contributed by atoms with van der Waals surface area (Å²) in [6.45, 7) is 3.42. The van der Waals surface area contributed by atoms with Crippen LogP contribution in [0, 0.1) is 20.2 Å². The summed E-state index contributed by atoms with van der Waals surface area (Å²) in [4.78, 5) is 46.7. The number of nitrogens with zero attached hydrogens (tertiary/aromatic N) is 3. The molecule has 15 nitrogen and oxygen atoms in total. The van der Waals surface area contributed by atoms with Crippen molar-refractivity contribution in [2.24, 2.45) is 16.5 Å². The van der Waals surface area contributed by atoms with E-state index in [9.17, 15) is 46.7 Å². The minimum Gasteiger partial charge on any atom is -0.370 e. The molecule has 1 amide bonds. The molecule has 18 heteroatoms.